The van der Waals surface area contributed by atoms with Crippen LogP contribution in [0.3, 0.4) is 0 Å². The standard InChI is InChI=1S/C54H35BF2N2Si/c56-42-26-11-7-22-38(42)40-24-9-13-28-44(40)58-46-30-15-31-47-52(46)55-53-48(58)32-16-34-50(53)60(36-18-3-1-4-19-36,37-20-5-2-6-21-37)51-35-17-33-49(54(51)55)59(47)45-29-14-10-25-41(45)39-23-8-12-27-43(39)57/h1-35H. The Morgan fingerprint density at radius 3 is 1.07 bits per heavy atom. The monoisotopic (exact) mass is 788 g/mol. The van der Waals surface area contributed by atoms with Crippen molar-refractivity contribution >= 4 is 86.0 Å². The molecule has 0 fully saturated rings. The molecule has 60 heavy (non-hydrogen) atoms. The highest BCUT2D eigenvalue weighted by Crippen LogP contribution is 2.48. The Labute approximate surface area is 349 Å². The van der Waals surface area contributed by atoms with Crippen molar-refractivity contribution in [1.29, 1.82) is 0 Å². The molecule has 6 heteroatoms. The van der Waals surface area contributed by atoms with Crippen LogP contribution in [-0.4, -0.2) is 14.8 Å². The Hall–Kier alpha value is -7.28. The van der Waals surface area contributed by atoms with E-state index in [1.54, 1.807) is 12.1 Å². The number of hydrogen-bond donors (Lipinski definition) is 0. The molecule has 0 radical (unpaired) electrons. The van der Waals surface area contributed by atoms with E-state index in [0.717, 1.165) is 45.3 Å². The van der Waals surface area contributed by atoms with Gasteiger partial charge in [0, 0.05) is 45.0 Å². The summed E-state index contributed by atoms with van der Waals surface area (Å²) in [6, 6.07) is 73.0. The van der Waals surface area contributed by atoms with Gasteiger partial charge in [-0.05, 0) is 85.7 Å². The fraction of sp³-hybridized carbons (Fsp3) is 0. The van der Waals surface area contributed by atoms with Crippen LogP contribution < -0.4 is 46.9 Å². The van der Waals surface area contributed by atoms with E-state index in [-0.39, 0.29) is 18.3 Å². The number of rotatable bonds is 6. The Kier molecular flexibility index (Phi) is 7.75. The smallest absolute Gasteiger partial charge is 0.251 e. The molecule has 0 amide bonds. The van der Waals surface area contributed by atoms with Gasteiger partial charge in [-0.2, -0.15) is 0 Å². The third-order valence-corrected chi connectivity index (χ3v) is 17.8. The molecule has 12 rings (SSSR count). The lowest BCUT2D eigenvalue weighted by atomic mass is 9.33. The van der Waals surface area contributed by atoms with Gasteiger partial charge in [0.2, 0.25) is 0 Å². The molecule has 9 aromatic carbocycles. The van der Waals surface area contributed by atoms with Crippen molar-refractivity contribution in [3.63, 3.8) is 0 Å². The Morgan fingerprint density at radius 2 is 0.633 bits per heavy atom. The fourth-order valence-electron chi connectivity index (χ4n) is 10.7. The maximum Gasteiger partial charge on any atom is 0.251 e. The van der Waals surface area contributed by atoms with E-state index >= 15 is 8.78 Å². The molecule has 0 unspecified atom stereocenters. The van der Waals surface area contributed by atoms with Gasteiger partial charge in [-0.25, -0.2) is 8.78 Å². The van der Waals surface area contributed by atoms with Crippen molar-refractivity contribution < 1.29 is 8.78 Å². The summed E-state index contributed by atoms with van der Waals surface area (Å²) in [6.07, 6.45) is 0. The number of benzene rings is 9. The molecule has 282 valence electrons. The van der Waals surface area contributed by atoms with Crippen molar-refractivity contribution in [3.8, 4) is 22.3 Å². The van der Waals surface area contributed by atoms with Gasteiger partial charge in [0.15, 0.2) is 8.07 Å². The zero-order valence-corrected chi connectivity index (χ0v) is 33.4. The van der Waals surface area contributed by atoms with Crippen LogP contribution in [0.5, 0.6) is 0 Å². The van der Waals surface area contributed by atoms with Crippen LogP contribution in [0.1, 0.15) is 0 Å². The lowest BCUT2D eigenvalue weighted by Gasteiger charge is -2.51. The zero-order chi connectivity index (χ0) is 40.0. The fourth-order valence-corrected chi connectivity index (χ4v) is 16.0. The van der Waals surface area contributed by atoms with E-state index in [4.69, 9.17) is 0 Å². The van der Waals surface area contributed by atoms with Gasteiger partial charge >= 0.3 is 0 Å². The quantitative estimate of drug-likeness (QED) is 0.155. The normalized spacial score (nSPS) is 13.9. The lowest BCUT2D eigenvalue weighted by Crippen LogP contribution is -2.88. The minimum atomic E-state index is -3.06. The minimum absolute atomic E-state index is 0.101. The molecule has 0 aliphatic carbocycles. The second-order valence-electron chi connectivity index (χ2n) is 15.8. The predicted molar refractivity (Wildman–Crippen MR) is 248 cm³/mol. The summed E-state index contributed by atoms with van der Waals surface area (Å²) in [6.45, 7) is -0.101. The second-order valence-corrected chi connectivity index (χ2v) is 19.5. The molecule has 0 bridgehead atoms. The number of anilines is 6. The van der Waals surface area contributed by atoms with Gasteiger partial charge in [0.25, 0.3) is 6.71 Å². The maximum absolute atomic E-state index is 15.9. The third-order valence-electron chi connectivity index (χ3n) is 12.9. The summed E-state index contributed by atoms with van der Waals surface area (Å²) >= 11 is 0. The second kappa shape index (κ2) is 13.4. The largest absolute Gasteiger partial charge is 0.311 e. The molecular formula is C54H35BF2N2Si. The van der Waals surface area contributed by atoms with E-state index in [0.29, 0.717) is 11.1 Å². The van der Waals surface area contributed by atoms with Gasteiger partial charge in [-0.1, -0.05) is 164 Å². The van der Waals surface area contributed by atoms with Crippen LogP contribution in [0.25, 0.3) is 22.3 Å². The van der Waals surface area contributed by atoms with E-state index in [2.05, 4.69) is 137 Å². The third kappa shape index (κ3) is 4.74. The summed E-state index contributed by atoms with van der Waals surface area (Å²) in [7, 11) is -3.06. The van der Waals surface area contributed by atoms with Gasteiger partial charge in [0.05, 0.1) is 11.4 Å². The highest BCUT2D eigenvalue weighted by atomic mass is 28.3. The van der Waals surface area contributed by atoms with E-state index < -0.39 is 8.07 Å². The highest BCUT2D eigenvalue weighted by Gasteiger charge is 2.56. The van der Waals surface area contributed by atoms with Crippen molar-refractivity contribution in [2.75, 3.05) is 9.80 Å². The molecular weight excluding hydrogens is 754 g/mol. The van der Waals surface area contributed by atoms with Crippen LogP contribution >= 0.6 is 0 Å². The van der Waals surface area contributed by atoms with Crippen LogP contribution in [0.15, 0.2) is 212 Å². The summed E-state index contributed by atoms with van der Waals surface area (Å²) in [5.74, 6) is -0.529. The minimum Gasteiger partial charge on any atom is -0.311 e. The molecule has 0 saturated carbocycles. The van der Waals surface area contributed by atoms with Gasteiger partial charge in [-0.3, -0.25) is 0 Å². The SMILES string of the molecule is Fc1ccccc1-c1ccccc1N1c2cccc3c2B2c4c1cccc4[Si](c1ccccc1)(c1ccccc1)c1cccc(c12)N3c1ccccc1-c1ccccc1F. The topological polar surface area (TPSA) is 6.48 Å². The average molecular weight is 789 g/mol. The first-order chi connectivity index (χ1) is 29.7. The molecule has 3 aliphatic rings. The van der Waals surface area contributed by atoms with Gasteiger partial charge < -0.3 is 9.80 Å². The summed E-state index contributed by atoms with van der Waals surface area (Å²) < 4.78 is 31.8. The Balaban J connectivity index is 1.26. The van der Waals surface area contributed by atoms with Crippen LogP contribution in [0, 0.1) is 11.6 Å². The first-order valence-electron chi connectivity index (χ1n) is 20.4. The van der Waals surface area contributed by atoms with E-state index in [1.807, 2.05) is 60.7 Å². The number of para-hydroxylation sites is 2. The van der Waals surface area contributed by atoms with E-state index in [1.165, 1.54) is 49.3 Å². The molecule has 3 heterocycles. The summed E-state index contributed by atoms with van der Waals surface area (Å²) in [5, 5.41) is 5.30. The van der Waals surface area contributed by atoms with Gasteiger partial charge in [0.1, 0.15) is 11.6 Å². The molecule has 3 aliphatic heterocycles. The Morgan fingerprint density at radius 1 is 0.300 bits per heavy atom. The number of nitrogens with zero attached hydrogens (tertiary/aromatic N) is 2. The van der Waals surface area contributed by atoms with Gasteiger partial charge in [-0.15, -0.1) is 0 Å². The van der Waals surface area contributed by atoms with Crippen LogP contribution in [-0.2, 0) is 0 Å². The first-order valence-corrected chi connectivity index (χ1v) is 22.4. The maximum atomic E-state index is 15.9. The van der Waals surface area contributed by atoms with Crippen molar-refractivity contribution in [2.24, 2.45) is 0 Å². The lowest BCUT2D eigenvalue weighted by molar-refractivity contribution is 0.631. The highest BCUT2D eigenvalue weighted by molar-refractivity contribution is 7.27. The van der Waals surface area contributed by atoms with Crippen molar-refractivity contribution in [3.05, 3.63) is 224 Å². The van der Waals surface area contributed by atoms with Crippen molar-refractivity contribution in [1.82, 2.24) is 0 Å². The molecule has 0 aromatic heterocycles. The van der Waals surface area contributed by atoms with Crippen LogP contribution in [0.2, 0.25) is 0 Å². The summed E-state index contributed by atoms with van der Waals surface area (Å²) in [4.78, 5) is 4.76. The molecule has 0 N–H and O–H groups in total. The Bertz CT molecular complexity index is 2960. The van der Waals surface area contributed by atoms with E-state index in [9.17, 15) is 0 Å². The molecule has 0 spiro atoms. The van der Waals surface area contributed by atoms with Crippen molar-refractivity contribution in [2.45, 2.75) is 0 Å². The molecule has 0 atom stereocenters. The molecule has 2 nitrogen and oxygen atoms in total. The summed E-state index contributed by atoms with van der Waals surface area (Å²) in [5.41, 5.74) is 12.5. The zero-order valence-electron chi connectivity index (χ0n) is 32.4. The average Bonchev–Trinajstić information content (AvgIpc) is 3.30. The molecule has 9 aromatic rings. The number of halogens is 2. The predicted octanol–water partition coefficient (Wildman–Crippen LogP) is 9.07. The molecule has 0 saturated heterocycles. The number of hydrogen-bond acceptors (Lipinski definition) is 2. The van der Waals surface area contributed by atoms with Crippen LogP contribution in [0.4, 0.5) is 42.9 Å². The first kappa shape index (κ1) is 34.7.